The van der Waals surface area contributed by atoms with E-state index in [4.69, 9.17) is 9.84 Å². The lowest BCUT2D eigenvalue weighted by atomic mass is 10.1. The van der Waals surface area contributed by atoms with Crippen molar-refractivity contribution in [2.75, 3.05) is 13.2 Å². The molecule has 2 N–H and O–H groups in total. The summed E-state index contributed by atoms with van der Waals surface area (Å²) in [6.45, 7) is 2.11. The van der Waals surface area contributed by atoms with Gasteiger partial charge in [-0.15, -0.1) is 0 Å². The van der Waals surface area contributed by atoms with Crippen molar-refractivity contribution >= 4 is 12.0 Å². The maximum Gasteiger partial charge on any atom is 0.244 e. The van der Waals surface area contributed by atoms with Crippen molar-refractivity contribution in [3.05, 3.63) is 77.9 Å². The predicted molar refractivity (Wildman–Crippen MR) is 100 cm³/mol. The first-order chi connectivity index (χ1) is 12.2. The molecule has 2 aromatic rings. The first-order valence-corrected chi connectivity index (χ1v) is 8.47. The van der Waals surface area contributed by atoms with Crippen molar-refractivity contribution in [3.8, 4) is 0 Å². The van der Waals surface area contributed by atoms with Gasteiger partial charge in [-0.3, -0.25) is 4.79 Å². The van der Waals surface area contributed by atoms with E-state index < -0.39 is 0 Å². The van der Waals surface area contributed by atoms with Crippen LogP contribution in [-0.4, -0.2) is 36.4 Å². The molecule has 2 aromatic carbocycles. The van der Waals surface area contributed by atoms with Gasteiger partial charge in [-0.2, -0.15) is 0 Å². The van der Waals surface area contributed by atoms with Crippen LogP contribution < -0.4 is 5.32 Å². The van der Waals surface area contributed by atoms with Crippen LogP contribution in [0, 0.1) is 0 Å². The van der Waals surface area contributed by atoms with Crippen LogP contribution in [0.25, 0.3) is 6.08 Å². The maximum atomic E-state index is 12.2. The molecule has 2 atom stereocenters. The minimum atomic E-state index is -0.255. The van der Waals surface area contributed by atoms with Gasteiger partial charge in [0.05, 0.1) is 25.4 Å². The van der Waals surface area contributed by atoms with Gasteiger partial charge in [-0.05, 0) is 30.5 Å². The molecule has 4 nitrogen and oxygen atoms in total. The van der Waals surface area contributed by atoms with E-state index in [1.54, 1.807) is 13.0 Å². The maximum absolute atomic E-state index is 12.2. The van der Waals surface area contributed by atoms with E-state index in [0.717, 1.165) is 11.1 Å². The van der Waals surface area contributed by atoms with Crippen molar-refractivity contribution in [2.24, 2.45) is 0 Å². The molecular formula is C21H25NO3. The lowest BCUT2D eigenvalue weighted by Crippen LogP contribution is -2.40. The quantitative estimate of drug-likeness (QED) is 0.691. The van der Waals surface area contributed by atoms with E-state index in [1.165, 1.54) is 6.08 Å². The summed E-state index contributed by atoms with van der Waals surface area (Å²) in [4.78, 5) is 12.2. The second-order valence-electron chi connectivity index (χ2n) is 5.97. The smallest absolute Gasteiger partial charge is 0.244 e. The van der Waals surface area contributed by atoms with Crippen LogP contribution in [0.3, 0.4) is 0 Å². The summed E-state index contributed by atoms with van der Waals surface area (Å²) in [6.07, 6.45) is 3.73. The lowest BCUT2D eigenvalue weighted by Gasteiger charge is -2.20. The minimum absolute atomic E-state index is 0.0418. The SMILES string of the molecule is CC(CO)OCC(Cc1ccccc1)NC(=O)/C=C/c1ccccc1. The zero-order valence-electron chi connectivity index (χ0n) is 14.5. The fourth-order valence-electron chi connectivity index (χ4n) is 2.37. The first-order valence-electron chi connectivity index (χ1n) is 8.47. The molecule has 0 saturated heterocycles. The molecule has 0 aromatic heterocycles. The Balaban J connectivity index is 1.96. The Bertz CT molecular complexity index is 655. The number of aliphatic hydroxyl groups excluding tert-OH is 1. The summed E-state index contributed by atoms with van der Waals surface area (Å²) in [5, 5.41) is 12.1. The molecular weight excluding hydrogens is 314 g/mol. The summed E-state index contributed by atoms with van der Waals surface area (Å²) < 4.78 is 5.60. The Morgan fingerprint density at radius 2 is 1.76 bits per heavy atom. The van der Waals surface area contributed by atoms with Gasteiger partial charge in [-0.1, -0.05) is 60.7 Å². The van der Waals surface area contributed by atoms with Crippen molar-refractivity contribution in [1.29, 1.82) is 0 Å². The largest absolute Gasteiger partial charge is 0.394 e. The summed E-state index contributed by atoms with van der Waals surface area (Å²) in [6, 6.07) is 19.5. The summed E-state index contributed by atoms with van der Waals surface area (Å²) in [5.74, 6) is -0.162. The molecule has 0 aliphatic carbocycles. The highest BCUT2D eigenvalue weighted by Crippen LogP contribution is 2.06. The summed E-state index contributed by atoms with van der Waals surface area (Å²) in [7, 11) is 0. The Hall–Kier alpha value is -2.43. The number of ether oxygens (including phenoxy) is 1. The molecule has 25 heavy (non-hydrogen) atoms. The van der Waals surface area contributed by atoms with E-state index in [9.17, 15) is 4.79 Å². The van der Waals surface area contributed by atoms with Crippen LogP contribution >= 0.6 is 0 Å². The van der Waals surface area contributed by atoms with Crippen LogP contribution in [0.1, 0.15) is 18.1 Å². The standard InChI is InChI=1S/C21H25NO3/c1-17(15-23)25-16-20(14-19-10-6-3-7-11-19)22-21(24)13-12-18-8-4-2-5-9-18/h2-13,17,20,23H,14-16H2,1H3,(H,22,24)/b13-12+. The van der Waals surface area contributed by atoms with E-state index in [1.807, 2.05) is 60.7 Å². The predicted octanol–water partition coefficient (Wildman–Crippen LogP) is 2.82. The number of benzene rings is 2. The number of nitrogens with one attached hydrogen (secondary N) is 1. The number of hydrogen-bond donors (Lipinski definition) is 2. The van der Waals surface area contributed by atoms with Crippen LogP contribution in [0.5, 0.6) is 0 Å². The molecule has 0 aliphatic rings. The number of aliphatic hydroxyl groups is 1. The zero-order chi connectivity index (χ0) is 17.9. The van der Waals surface area contributed by atoms with E-state index in [2.05, 4.69) is 5.32 Å². The Morgan fingerprint density at radius 3 is 2.40 bits per heavy atom. The molecule has 4 heteroatoms. The molecule has 0 saturated carbocycles. The molecule has 0 radical (unpaired) electrons. The van der Waals surface area contributed by atoms with Gasteiger partial charge in [0.25, 0.3) is 0 Å². The van der Waals surface area contributed by atoms with Crippen molar-refractivity contribution < 1.29 is 14.6 Å². The topological polar surface area (TPSA) is 58.6 Å². The molecule has 0 bridgehead atoms. The molecule has 2 rings (SSSR count). The summed E-state index contributed by atoms with van der Waals surface area (Å²) >= 11 is 0. The second-order valence-corrected chi connectivity index (χ2v) is 5.97. The highest BCUT2D eigenvalue weighted by Gasteiger charge is 2.13. The highest BCUT2D eigenvalue weighted by molar-refractivity contribution is 5.91. The van der Waals surface area contributed by atoms with Crippen LogP contribution in [-0.2, 0) is 16.0 Å². The third kappa shape index (κ3) is 7.33. The van der Waals surface area contributed by atoms with Crippen LogP contribution in [0.2, 0.25) is 0 Å². The van der Waals surface area contributed by atoms with Gasteiger partial charge >= 0.3 is 0 Å². The average Bonchev–Trinajstić information content (AvgIpc) is 2.66. The minimum Gasteiger partial charge on any atom is -0.394 e. The Kier molecular flexibility index (Phi) is 7.89. The second kappa shape index (κ2) is 10.4. The average molecular weight is 339 g/mol. The number of hydrogen-bond acceptors (Lipinski definition) is 3. The molecule has 1 amide bonds. The normalized spacial score (nSPS) is 13.5. The highest BCUT2D eigenvalue weighted by atomic mass is 16.5. The van der Waals surface area contributed by atoms with Gasteiger partial charge in [0.2, 0.25) is 5.91 Å². The van der Waals surface area contributed by atoms with Gasteiger partial charge in [-0.25, -0.2) is 0 Å². The first kappa shape index (κ1) is 18.9. The third-order valence-corrected chi connectivity index (χ3v) is 3.74. The molecule has 2 unspecified atom stereocenters. The number of rotatable bonds is 9. The van der Waals surface area contributed by atoms with Crippen molar-refractivity contribution in [1.82, 2.24) is 5.32 Å². The van der Waals surface area contributed by atoms with Crippen molar-refractivity contribution in [2.45, 2.75) is 25.5 Å². The van der Waals surface area contributed by atoms with E-state index in [-0.39, 0.29) is 24.7 Å². The van der Waals surface area contributed by atoms with Gasteiger partial charge in [0.15, 0.2) is 0 Å². The van der Waals surface area contributed by atoms with Gasteiger partial charge in [0, 0.05) is 6.08 Å². The Labute approximate surface area is 149 Å². The molecule has 0 aliphatic heterocycles. The number of carbonyl (C=O) groups excluding carboxylic acids is 1. The number of carbonyl (C=O) groups is 1. The summed E-state index contributed by atoms with van der Waals surface area (Å²) in [5.41, 5.74) is 2.10. The molecule has 132 valence electrons. The third-order valence-electron chi connectivity index (χ3n) is 3.74. The van der Waals surface area contributed by atoms with Gasteiger partial charge < -0.3 is 15.2 Å². The monoisotopic (exact) mass is 339 g/mol. The van der Waals surface area contributed by atoms with Crippen molar-refractivity contribution in [3.63, 3.8) is 0 Å². The zero-order valence-corrected chi connectivity index (χ0v) is 14.5. The van der Waals surface area contributed by atoms with Gasteiger partial charge in [0.1, 0.15) is 0 Å². The fourth-order valence-corrected chi connectivity index (χ4v) is 2.37. The van der Waals surface area contributed by atoms with Crippen LogP contribution in [0.15, 0.2) is 66.7 Å². The lowest BCUT2D eigenvalue weighted by molar-refractivity contribution is -0.117. The molecule has 0 spiro atoms. The van der Waals surface area contributed by atoms with E-state index >= 15 is 0 Å². The Morgan fingerprint density at radius 1 is 1.12 bits per heavy atom. The molecule has 0 fully saturated rings. The van der Waals surface area contributed by atoms with E-state index in [0.29, 0.717) is 13.0 Å². The van der Waals surface area contributed by atoms with Crippen LogP contribution in [0.4, 0.5) is 0 Å². The fraction of sp³-hybridized carbons (Fsp3) is 0.286. The number of amides is 1. The molecule has 0 heterocycles.